The summed E-state index contributed by atoms with van der Waals surface area (Å²) in [5.41, 5.74) is 0.790. The molecule has 0 saturated carbocycles. The highest BCUT2D eigenvalue weighted by atomic mass is 32.1. The van der Waals surface area contributed by atoms with Gasteiger partial charge in [0.1, 0.15) is 5.82 Å². The van der Waals surface area contributed by atoms with E-state index >= 15 is 0 Å². The molecular weight excluding hydrogens is 260 g/mol. The van der Waals surface area contributed by atoms with Crippen LogP contribution >= 0.6 is 11.3 Å². The van der Waals surface area contributed by atoms with Gasteiger partial charge < -0.3 is 9.80 Å². The standard InChI is InChI=1S/C13H14N4OS/c18-13(11-1-8-19-10-11)17-6-4-16(5-7-17)12-9-14-2-3-15-12/h1-3,8-10H,4-7H2. The molecular formula is C13H14N4OS. The lowest BCUT2D eigenvalue weighted by atomic mass is 10.2. The lowest BCUT2D eigenvalue weighted by Crippen LogP contribution is -2.49. The molecule has 5 nitrogen and oxygen atoms in total. The highest BCUT2D eigenvalue weighted by Gasteiger charge is 2.22. The normalized spacial score (nSPS) is 15.6. The molecule has 0 unspecified atom stereocenters. The van der Waals surface area contributed by atoms with Crippen molar-refractivity contribution in [2.45, 2.75) is 0 Å². The largest absolute Gasteiger partial charge is 0.352 e. The minimum atomic E-state index is 0.125. The minimum Gasteiger partial charge on any atom is -0.352 e. The second kappa shape index (κ2) is 5.36. The van der Waals surface area contributed by atoms with E-state index in [9.17, 15) is 4.79 Å². The summed E-state index contributed by atoms with van der Waals surface area (Å²) in [6.07, 6.45) is 5.12. The molecule has 1 fully saturated rings. The zero-order valence-electron chi connectivity index (χ0n) is 10.4. The van der Waals surface area contributed by atoms with Crippen molar-refractivity contribution in [2.75, 3.05) is 31.1 Å². The molecule has 1 aliphatic rings. The molecule has 0 aliphatic carbocycles. The van der Waals surface area contributed by atoms with Crippen LogP contribution in [0.3, 0.4) is 0 Å². The maximum atomic E-state index is 12.2. The number of anilines is 1. The Bertz CT molecular complexity index is 535. The Balaban J connectivity index is 1.62. The third-order valence-corrected chi connectivity index (χ3v) is 3.89. The second-order valence-electron chi connectivity index (χ2n) is 4.35. The number of hydrogen-bond acceptors (Lipinski definition) is 5. The average molecular weight is 274 g/mol. The van der Waals surface area contributed by atoms with Gasteiger partial charge in [0.15, 0.2) is 0 Å². The van der Waals surface area contributed by atoms with Crippen LogP contribution in [0.15, 0.2) is 35.4 Å². The molecule has 2 aromatic rings. The van der Waals surface area contributed by atoms with Gasteiger partial charge >= 0.3 is 0 Å². The first-order chi connectivity index (χ1) is 9.34. The Morgan fingerprint density at radius 1 is 1.21 bits per heavy atom. The van der Waals surface area contributed by atoms with Crippen LogP contribution in [0.25, 0.3) is 0 Å². The molecule has 0 atom stereocenters. The molecule has 0 N–H and O–H groups in total. The van der Waals surface area contributed by atoms with Crippen molar-refractivity contribution < 1.29 is 4.79 Å². The van der Waals surface area contributed by atoms with E-state index in [0.29, 0.717) is 0 Å². The first kappa shape index (κ1) is 12.1. The van der Waals surface area contributed by atoms with Crippen molar-refractivity contribution in [1.82, 2.24) is 14.9 Å². The summed E-state index contributed by atoms with van der Waals surface area (Å²) in [6, 6.07) is 1.88. The monoisotopic (exact) mass is 274 g/mol. The second-order valence-corrected chi connectivity index (χ2v) is 5.13. The summed E-state index contributed by atoms with van der Waals surface area (Å²) in [5.74, 6) is 1.00. The number of hydrogen-bond donors (Lipinski definition) is 0. The zero-order valence-corrected chi connectivity index (χ0v) is 11.2. The van der Waals surface area contributed by atoms with Gasteiger partial charge in [-0.15, -0.1) is 0 Å². The highest BCUT2D eigenvalue weighted by Crippen LogP contribution is 2.15. The van der Waals surface area contributed by atoms with E-state index in [-0.39, 0.29) is 5.91 Å². The molecule has 6 heteroatoms. The van der Waals surface area contributed by atoms with Crippen LogP contribution in [0.2, 0.25) is 0 Å². The van der Waals surface area contributed by atoms with Crippen LogP contribution in [0, 0.1) is 0 Å². The topological polar surface area (TPSA) is 49.3 Å². The third kappa shape index (κ3) is 2.58. The summed E-state index contributed by atoms with van der Waals surface area (Å²) in [6.45, 7) is 3.06. The van der Waals surface area contributed by atoms with Gasteiger partial charge in [0.25, 0.3) is 5.91 Å². The Labute approximate surface area is 115 Å². The van der Waals surface area contributed by atoms with E-state index in [1.807, 2.05) is 21.7 Å². The minimum absolute atomic E-state index is 0.125. The first-order valence-electron chi connectivity index (χ1n) is 6.17. The predicted octanol–water partition coefficient (Wildman–Crippen LogP) is 1.50. The van der Waals surface area contributed by atoms with Crippen molar-refractivity contribution in [3.8, 4) is 0 Å². The molecule has 2 aromatic heterocycles. The summed E-state index contributed by atoms with van der Waals surface area (Å²) >= 11 is 1.55. The summed E-state index contributed by atoms with van der Waals surface area (Å²) in [7, 11) is 0. The number of nitrogens with zero attached hydrogens (tertiary/aromatic N) is 4. The van der Waals surface area contributed by atoms with Crippen molar-refractivity contribution in [3.05, 3.63) is 41.0 Å². The molecule has 0 bridgehead atoms. The highest BCUT2D eigenvalue weighted by molar-refractivity contribution is 7.08. The Kier molecular flexibility index (Phi) is 3.41. The Morgan fingerprint density at radius 3 is 2.68 bits per heavy atom. The van der Waals surface area contributed by atoms with E-state index in [1.54, 1.807) is 29.9 Å². The molecule has 0 spiro atoms. The van der Waals surface area contributed by atoms with Crippen molar-refractivity contribution >= 4 is 23.1 Å². The Morgan fingerprint density at radius 2 is 2.05 bits per heavy atom. The summed E-state index contributed by atoms with van der Waals surface area (Å²) < 4.78 is 0. The van der Waals surface area contributed by atoms with Gasteiger partial charge in [-0.3, -0.25) is 9.78 Å². The fourth-order valence-electron chi connectivity index (χ4n) is 2.16. The number of thiophene rings is 1. The van der Waals surface area contributed by atoms with E-state index in [0.717, 1.165) is 37.6 Å². The third-order valence-electron chi connectivity index (χ3n) is 3.21. The number of aromatic nitrogens is 2. The maximum Gasteiger partial charge on any atom is 0.254 e. The van der Waals surface area contributed by atoms with E-state index < -0.39 is 0 Å². The molecule has 3 heterocycles. The quantitative estimate of drug-likeness (QED) is 0.832. The van der Waals surface area contributed by atoms with Gasteiger partial charge in [0.05, 0.1) is 11.8 Å². The smallest absolute Gasteiger partial charge is 0.254 e. The van der Waals surface area contributed by atoms with E-state index in [4.69, 9.17) is 0 Å². The predicted molar refractivity (Wildman–Crippen MR) is 74.5 cm³/mol. The summed E-state index contributed by atoms with van der Waals surface area (Å²) in [4.78, 5) is 24.6. The summed E-state index contributed by atoms with van der Waals surface area (Å²) in [5, 5.41) is 3.83. The van der Waals surface area contributed by atoms with E-state index in [1.165, 1.54) is 0 Å². The van der Waals surface area contributed by atoms with Crippen LogP contribution in [-0.4, -0.2) is 47.0 Å². The van der Waals surface area contributed by atoms with Gasteiger partial charge in [-0.05, 0) is 11.4 Å². The lowest BCUT2D eigenvalue weighted by Gasteiger charge is -2.35. The molecule has 0 aromatic carbocycles. The number of amides is 1. The number of carbonyl (C=O) groups is 1. The van der Waals surface area contributed by atoms with Crippen LogP contribution in [0.1, 0.15) is 10.4 Å². The van der Waals surface area contributed by atoms with Crippen LogP contribution < -0.4 is 4.90 Å². The average Bonchev–Trinajstić information content (AvgIpc) is 3.02. The van der Waals surface area contributed by atoms with Crippen LogP contribution in [0.4, 0.5) is 5.82 Å². The number of piperazine rings is 1. The molecule has 1 saturated heterocycles. The molecule has 3 rings (SSSR count). The molecule has 19 heavy (non-hydrogen) atoms. The fraction of sp³-hybridized carbons (Fsp3) is 0.308. The van der Waals surface area contributed by atoms with Gasteiger partial charge in [-0.1, -0.05) is 0 Å². The number of carbonyl (C=O) groups excluding carboxylic acids is 1. The van der Waals surface area contributed by atoms with Gasteiger partial charge in [0.2, 0.25) is 0 Å². The maximum absolute atomic E-state index is 12.2. The van der Waals surface area contributed by atoms with Crippen LogP contribution in [-0.2, 0) is 0 Å². The van der Waals surface area contributed by atoms with Crippen LogP contribution in [0.5, 0.6) is 0 Å². The first-order valence-corrected chi connectivity index (χ1v) is 7.11. The van der Waals surface area contributed by atoms with Gasteiger partial charge in [-0.25, -0.2) is 4.98 Å². The number of rotatable bonds is 2. The molecule has 1 aliphatic heterocycles. The van der Waals surface area contributed by atoms with Gasteiger partial charge in [-0.2, -0.15) is 11.3 Å². The molecule has 1 amide bonds. The van der Waals surface area contributed by atoms with Crippen molar-refractivity contribution in [3.63, 3.8) is 0 Å². The Hall–Kier alpha value is -1.95. The molecule has 0 radical (unpaired) electrons. The van der Waals surface area contributed by atoms with E-state index in [2.05, 4.69) is 14.9 Å². The SMILES string of the molecule is O=C(c1ccsc1)N1CCN(c2cnccn2)CC1. The zero-order chi connectivity index (χ0) is 13.1. The van der Waals surface area contributed by atoms with Crippen molar-refractivity contribution in [1.29, 1.82) is 0 Å². The molecule has 98 valence electrons. The lowest BCUT2D eigenvalue weighted by molar-refractivity contribution is 0.0747. The van der Waals surface area contributed by atoms with Gasteiger partial charge in [0, 0.05) is 44.0 Å². The fourth-order valence-corrected chi connectivity index (χ4v) is 2.79. The van der Waals surface area contributed by atoms with Crippen molar-refractivity contribution in [2.24, 2.45) is 0 Å².